The summed E-state index contributed by atoms with van der Waals surface area (Å²) < 4.78 is 23.3. The molecule has 0 unspecified atom stereocenters. The standard InChI is InChI=1S/C25H19BrClNO4/c1-2-29-24-11-16(9-19(13-28)17-7-8-22-23(12-17)32-15-31-22)10-20(26)25(24)30-14-18-5-3-4-6-21(18)27/h3-12H,2,14-15H2,1H3/b19-9-. The van der Waals surface area contributed by atoms with Crippen LogP contribution >= 0.6 is 27.5 Å². The second-order valence-corrected chi connectivity index (χ2v) is 8.14. The van der Waals surface area contributed by atoms with Gasteiger partial charge >= 0.3 is 0 Å². The number of nitrogens with zero attached hydrogens (tertiary/aromatic N) is 1. The summed E-state index contributed by atoms with van der Waals surface area (Å²) >= 11 is 9.83. The van der Waals surface area contributed by atoms with E-state index < -0.39 is 0 Å². The topological polar surface area (TPSA) is 60.7 Å². The lowest BCUT2D eigenvalue weighted by Crippen LogP contribution is -2.01. The number of fused-ring (bicyclic) bond motifs is 1. The minimum absolute atomic E-state index is 0.185. The molecule has 4 rings (SSSR count). The number of hydrogen-bond donors (Lipinski definition) is 0. The van der Waals surface area contributed by atoms with Crippen LogP contribution in [0.3, 0.4) is 0 Å². The van der Waals surface area contributed by atoms with E-state index in [1.54, 1.807) is 18.2 Å². The molecule has 0 spiro atoms. The number of nitriles is 1. The summed E-state index contributed by atoms with van der Waals surface area (Å²) in [5.41, 5.74) is 2.90. The monoisotopic (exact) mass is 511 g/mol. The van der Waals surface area contributed by atoms with Gasteiger partial charge in [-0.05, 0) is 76.5 Å². The van der Waals surface area contributed by atoms with Crippen molar-refractivity contribution in [3.63, 3.8) is 0 Å². The Morgan fingerprint density at radius 3 is 2.72 bits per heavy atom. The minimum Gasteiger partial charge on any atom is -0.490 e. The highest BCUT2D eigenvalue weighted by atomic mass is 79.9. The Hall–Kier alpha value is -3.14. The Balaban J connectivity index is 1.64. The molecule has 0 aliphatic carbocycles. The lowest BCUT2D eigenvalue weighted by molar-refractivity contribution is 0.174. The first kappa shape index (κ1) is 22.1. The molecule has 0 saturated carbocycles. The maximum absolute atomic E-state index is 9.75. The van der Waals surface area contributed by atoms with Crippen molar-refractivity contribution >= 4 is 39.2 Å². The number of halogens is 2. The van der Waals surface area contributed by atoms with Gasteiger partial charge in [0.2, 0.25) is 6.79 Å². The molecular weight excluding hydrogens is 494 g/mol. The molecule has 0 aromatic heterocycles. The van der Waals surface area contributed by atoms with Gasteiger partial charge in [0, 0.05) is 10.6 Å². The van der Waals surface area contributed by atoms with Gasteiger partial charge in [0.25, 0.3) is 0 Å². The average Bonchev–Trinajstić information content (AvgIpc) is 3.26. The maximum Gasteiger partial charge on any atom is 0.231 e. The second kappa shape index (κ2) is 9.99. The molecule has 3 aromatic carbocycles. The Labute approximate surface area is 199 Å². The molecule has 162 valence electrons. The number of hydrogen-bond acceptors (Lipinski definition) is 5. The van der Waals surface area contributed by atoms with Crippen LogP contribution in [0.1, 0.15) is 23.6 Å². The van der Waals surface area contributed by atoms with Gasteiger partial charge in [-0.25, -0.2) is 0 Å². The van der Waals surface area contributed by atoms with Crippen molar-refractivity contribution < 1.29 is 18.9 Å². The summed E-state index contributed by atoms with van der Waals surface area (Å²) in [7, 11) is 0. The second-order valence-electron chi connectivity index (χ2n) is 6.88. The Bertz CT molecular complexity index is 1220. The third-order valence-electron chi connectivity index (χ3n) is 4.78. The van der Waals surface area contributed by atoms with Crippen LogP contribution in [0.4, 0.5) is 0 Å². The maximum atomic E-state index is 9.75. The SMILES string of the molecule is CCOc1cc(/C=C(/C#N)c2ccc3c(c2)OCO3)cc(Br)c1OCc1ccccc1Cl. The van der Waals surface area contributed by atoms with Crippen LogP contribution in [0.2, 0.25) is 5.02 Å². The molecule has 32 heavy (non-hydrogen) atoms. The van der Waals surface area contributed by atoms with E-state index in [4.69, 9.17) is 30.5 Å². The average molecular weight is 513 g/mol. The van der Waals surface area contributed by atoms with Crippen LogP contribution < -0.4 is 18.9 Å². The molecule has 5 nitrogen and oxygen atoms in total. The molecule has 0 saturated heterocycles. The molecule has 0 N–H and O–H groups in total. The van der Waals surface area contributed by atoms with E-state index in [1.165, 1.54) is 0 Å². The molecule has 1 aliphatic rings. The summed E-state index contributed by atoms with van der Waals surface area (Å²) in [6, 6.07) is 19.0. The number of rotatable bonds is 7. The summed E-state index contributed by atoms with van der Waals surface area (Å²) in [4.78, 5) is 0. The molecule has 7 heteroatoms. The first-order valence-electron chi connectivity index (χ1n) is 9.93. The number of benzene rings is 3. The van der Waals surface area contributed by atoms with E-state index in [9.17, 15) is 5.26 Å². The van der Waals surface area contributed by atoms with Crippen molar-refractivity contribution in [3.05, 3.63) is 80.8 Å². The fourth-order valence-electron chi connectivity index (χ4n) is 3.25. The summed E-state index contributed by atoms with van der Waals surface area (Å²) in [6.45, 7) is 2.86. The zero-order chi connectivity index (χ0) is 22.5. The lowest BCUT2D eigenvalue weighted by atomic mass is 10.0. The van der Waals surface area contributed by atoms with Gasteiger partial charge in [0.05, 0.1) is 22.7 Å². The van der Waals surface area contributed by atoms with Gasteiger partial charge in [0.15, 0.2) is 23.0 Å². The van der Waals surface area contributed by atoms with Crippen LogP contribution in [0.25, 0.3) is 11.6 Å². The van der Waals surface area contributed by atoms with Crippen LogP contribution in [-0.2, 0) is 6.61 Å². The van der Waals surface area contributed by atoms with Crippen LogP contribution in [0.15, 0.2) is 59.1 Å². The van der Waals surface area contributed by atoms with Gasteiger partial charge < -0.3 is 18.9 Å². The molecule has 1 heterocycles. The molecule has 0 amide bonds. The van der Waals surface area contributed by atoms with Crippen molar-refractivity contribution in [2.45, 2.75) is 13.5 Å². The Morgan fingerprint density at radius 2 is 1.94 bits per heavy atom. The predicted octanol–water partition coefficient (Wildman–Crippen LogP) is 6.87. The first-order chi connectivity index (χ1) is 15.6. The van der Waals surface area contributed by atoms with Crippen LogP contribution in [-0.4, -0.2) is 13.4 Å². The van der Waals surface area contributed by atoms with E-state index in [0.717, 1.165) is 16.7 Å². The van der Waals surface area contributed by atoms with E-state index in [2.05, 4.69) is 22.0 Å². The predicted molar refractivity (Wildman–Crippen MR) is 127 cm³/mol. The van der Waals surface area contributed by atoms with Crippen LogP contribution in [0.5, 0.6) is 23.0 Å². The lowest BCUT2D eigenvalue weighted by Gasteiger charge is -2.15. The largest absolute Gasteiger partial charge is 0.490 e. The normalized spacial score (nSPS) is 12.4. The molecule has 0 bridgehead atoms. The molecular formula is C25H19BrClNO4. The van der Waals surface area contributed by atoms with Gasteiger partial charge in [-0.15, -0.1) is 0 Å². The van der Waals surface area contributed by atoms with Crippen molar-refractivity contribution in [1.82, 2.24) is 0 Å². The first-order valence-corrected chi connectivity index (χ1v) is 11.1. The summed E-state index contributed by atoms with van der Waals surface area (Å²) in [5.74, 6) is 2.45. The molecule has 3 aromatic rings. The van der Waals surface area contributed by atoms with Crippen LogP contribution in [0, 0.1) is 11.3 Å². The minimum atomic E-state index is 0.185. The van der Waals surface area contributed by atoms with Gasteiger partial charge in [0.1, 0.15) is 6.61 Å². The molecule has 0 fully saturated rings. The fourth-order valence-corrected chi connectivity index (χ4v) is 4.02. The smallest absolute Gasteiger partial charge is 0.231 e. The zero-order valence-corrected chi connectivity index (χ0v) is 19.6. The van der Waals surface area contributed by atoms with Gasteiger partial charge in [-0.2, -0.15) is 5.26 Å². The number of allylic oxidation sites excluding steroid dienone is 1. The third kappa shape index (κ3) is 4.85. The van der Waals surface area contributed by atoms with E-state index in [-0.39, 0.29) is 6.79 Å². The molecule has 1 aliphatic heterocycles. The van der Waals surface area contributed by atoms with E-state index in [1.807, 2.05) is 49.4 Å². The third-order valence-corrected chi connectivity index (χ3v) is 5.73. The van der Waals surface area contributed by atoms with Crippen molar-refractivity contribution in [2.75, 3.05) is 13.4 Å². The van der Waals surface area contributed by atoms with Crippen molar-refractivity contribution in [2.24, 2.45) is 0 Å². The fraction of sp³-hybridized carbons (Fsp3) is 0.160. The Morgan fingerprint density at radius 1 is 1.12 bits per heavy atom. The van der Waals surface area contributed by atoms with E-state index in [0.29, 0.717) is 51.3 Å². The van der Waals surface area contributed by atoms with Crippen molar-refractivity contribution in [1.29, 1.82) is 5.26 Å². The quantitative estimate of drug-likeness (QED) is 0.255. The highest BCUT2D eigenvalue weighted by Gasteiger charge is 2.16. The Kier molecular flexibility index (Phi) is 6.89. The summed E-state index contributed by atoms with van der Waals surface area (Å²) in [5, 5.41) is 10.4. The van der Waals surface area contributed by atoms with Gasteiger partial charge in [-0.1, -0.05) is 29.8 Å². The van der Waals surface area contributed by atoms with Gasteiger partial charge in [-0.3, -0.25) is 0 Å². The van der Waals surface area contributed by atoms with Crippen molar-refractivity contribution in [3.8, 4) is 29.1 Å². The molecule has 0 atom stereocenters. The molecule has 0 radical (unpaired) electrons. The summed E-state index contributed by atoms with van der Waals surface area (Å²) in [6.07, 6.45) is 1.79. The highest BCUT2D eigenvalue weighted by molar-refractivity contribution is 9.10. The highest BCUT2D eigenvalue weighted by Crippen LogP contribution is 2.39. The zero-order valence-electron chi connectivity index (χ0n) is 17.2. The number of ether oxygens (including phenoxy) is 4. The van der Waals surface area contributed by atoms with E-state index >= 15 is 0 Å².